The monoisotopic (exact) mass is 441 g/mol. The van der Waals surface area contributed by atoms with Crippen molar-refractivity contribution < 1.29 is 24.0 Å². The van der Waals surface area contributed by atoms with E-state index in [-0.39, 0.29) is 12.8 Å². The Kier molecular flexibility index (Phi) is 14.9. The molecule has 0 aliphatic carbocycles. The minimum absolute atomic E-state index is 0.0386. The lowest BCUT2D eigenvalue weighted by Gasteiger charge is -2.24. The van der Waals surface area contributed by atoms with Crippen molar-refractivity contribution in [1.82, 2.24) is 16.0 Å². The summed E-state index contributed by atoms with van der Waals surface area (Å²) in [5.41, 5.74) is 16.5. The van der Waals surface area contributed by atoms with Gasteiger partial charge in [0.1, 0.15) is 12.1 Å². The Labute approximate surface area is 183 Å². The van der Waals surface area contributed by atoms with Gasteiger partial charge in [0, 0.05) is 6.42 Å². The van der Waals surface area contributed by atoms with Gasteiger partial charge >= 0.3 is 0 Å². The van der Waals surface area contributed by atoms with Crippen LogP contribution in [0.5, 0.6) is 0 Å². The summed E-state index contributed by atoms with van der Waals surface area (Å²) in [4.78, 5) is 59.5. The molecular formula is C20H37N6O5. The van der Waals surface area contributed by atoms with Gasteiger partial charge in [0.2, 0.25) is 29.9 Å². The predicted molar refractivity (Wildman–Crippen MR) is 116 cm³/mol. The van der Waals surface area contributed by atoms with Gasteiger partial charge in [0.25, 0.3) is 0 Å². The van der Waals surface area contributed by atoms with Gasteiger partial charge in [-0.05, 0) is 39.2 Å². The van der Waals surface area contributed by atoms with Crippen LogP contribution in [-0.2, 0) is 24.0 Å². The Balaban J connectivity index is 5.22. The molecule has 11 nitrogen and oxygen atoms in total. The highest BCUT2D eigenvalue weighted by atomic mass is 16.2. The number of hydrogen-bond donors (Lipinski definition) is 6. The normalized spacial score (nSPS) is 14.6. The van der Waals surface area contributed by atoms with Gasteiger partial charge in [-0.25, -0.2) is 0 Å². The average Bonchev–Trinajstić information content (AvgIpc) is 2.73. The van der Waals surface area contributed by atoms with E-state index in [1.807, 2.05) is 6.92 Å². The second kappa shape index (κ2) is 16.2. The fourth-order valence-electron chi connectivity index (χ4n) is 2.77. The Morgan fingerprint density at radius 1 is 0.871 bits per heavy atom. The van der Waals surface area contributed by atoms with Crippen molar-refractivity contribution in [1.29, 1.82) is 0 Å². The number of hydrogen-bond acceptors (Lipinski definition) is 7. The van der Waals surface area contributed by atoms with E-state index in [0.717, 1.165) is 12.8 Å². The van der Waals surface area contributed by atoms with Gasteiger partial charge in [-0.2, -0.15) is 0 Å². The smallest absolute Gasteiger partial charge is 0.243 e. The number of rotatable bonds is 17. The first-order valence-electron chi connectivity index (χ1n) is 10.7. The van der Waals surface area contributed by atoms with Crippen molar-refractivity contribution in [2.45, 2.75) is 89.4 Å². The molecule has 0 aliphatic rings. The highest BCUT2D eigenvalue weighted by molar-refractivity contribution is 5.93. The zero-order chi connectivity index (χ0) is 23.8. The molecule has 4 atom stereocenters. The summed E-state index contributed by atoms with van der Waals surface area (Å²) in [6.45, 7) is 3.88. The molecular weight excluding hydrogens is 404 g/mol. The van der Waals surface area contributed by atoms with Crippen LogP contribution in [0.2, 0.25) is 0 Å². The largest absolute Gasteiger partial charge is 0.370 e. The van der Waals surface area contributed by atoms with Crippen molar-refractivity contribution in [3.63, 3.8) is 0 Å². The quantitative estimate of drug-likeness (QED) is 0.147. The summed E-state index contributed by atoms with van der Waals surface area (Å²) in [6, 6.07) is -3.66. The molecule has 0 aromatic rings. The number of carbonyl (C=O) groups excluding carboxylic acids is 5. The molecule has 0 aromatic heterocycles. The molecule has 0 fully saturated rings. The Morgan fingerprint density at radius 2 is 1.45 bits per heavy atom. The van der Waals surface area contributed by atoms with E-state index in [1.54, 1.807) is 6.29 Å². The first-order chi connectivity index (χ1) is 14.7. The van der Waals surface area contributed by atoms with Crippen molar-refractivity contribution in [2.24, 2.45) is 17.2 Å². The molecule has 11 heteroatoms. The maximum atomic E-state index is 12.8. The Bertz CT molecular complexity index is 601. The summed E-state index contributed by atoms with van der Waals surface area (Å²) >= 11 is 0. The topological polar surface area (TPSA) is 199 Å². The predicted octanol–water partition coefficient (Wildman–Crippen LogP) is -1.52. The van der Waals surface area contributed by atoms with Crippen LogP contribution >= 0.6 is 0 Å². The minimum atomic E-state index is -1.09. The Morgan fingerprint density at radius 3 is 2.00 bits per heavy atom. The number of unbranched alkanes of at least 4 members (excludes halogenated alkanes) is 2. The maximum absolute atomic E-state index is 12.8. The van der Waals surface area contributed by atoms with E-state index < -0.39 is 47.8 Å². The van der Waals surface area contributed by atoms with Crippen molar-refractivity contribution >= 4 is 29.9 Å². The molecule has 0 saturated carbocycles. The van der Waals surface area contributed by atoms with Crippen LogP contribution in [0.1, 0.15) is 65.2 Å². The third-order valence-corrected chi connectivity index (χ3v) is 4.63. The zero-order valence-electron chi connectivity index (χ0n) is 18.4. The number of amides is 4. The third-order valence-electron chi connectivity index (χ3n) is 4.63. The van der Waals surface area contributed by atoms with E-state index in [0.29, 0.717) is 32.2 Å². The standard InChI is InChI=1S/C20H37N6O5/c1-3-4-8-15(19(30)24-13(2)12-27)26-20(31)16(9-10-17(23)28)25-18(29)14(22)7-5-6-11-21/h13-16H,3-11,21-22H2,1-2H3,(H2,23,28)(H,24,30)(H,25,29)(H,26,31)/t13-,14-,15-,16-/m0/s1. The average molecular weight is 442 g/mol. The number of primary amides is 1. The van der Waals surface area contributed by atoms with Gasteiger partial charge in [-0.3, -0.25) is 24.0 Å². The van der Waals surface area contributed by atoms with Gasteiger partial charge in [0.05, 0.1) is 12.1 Å². The number of carbonyl (C=O) groups is 4. The van der Waals surface area contributed by atoms with Crippen LogP contribution in [0.3, 0.4) is 0 Å². The van der Waals surface area contributed by atoms with E-state index in [1.165, 1.54) is 6.92 Å². The molecule has 0 unspecified atom stereocenters. The highest BCUT2D eigenvalue weighted by Gasteiger charge is 2.28. The summed E-state index contributed by atoms with van der Waals surface area (Å²) in [6.07, 6.45) is 5.04. The molecule has 177 valence electrons. The highest BCUT2D eigenvalue weighted by Crippen LogP contribution is 2.06. The maximum Gasteiger partial charge on any atom is 0.243 e. The molecule has 0 aromatic carbocycles. The van der Waals surface area contributed by atoms with E-state index in [4.69, 9.17) is 17.2 Å². The van der Waals surface area contributed by atoms with E-state index in [2.05, 4.69) is 16.0 Å². The fraction of sp³-hybridized carbons (Fsp3) is 0.750. The number of nitrogens with two attached hydrogens (primary N) is 3. The van der Waals surface area contributed by atoms with Crippen LogP contribution in [0.4, 0.5) is 0 Å². The van der Waals surface area contributed by atoms with Crippen LogP contribution in [0.15, 0.2) is 0 Å². The molecule has 0 heterocycles. The second-order valence-corrected chi connectivity index (χ2v) is 7.51. The lowest BCUT2D eigenvalue weighted by atomic mass is 10.0. The Hall–Kier alpha value is -2.53. The van der Waals surface area contributed by atoms with Crippen LogP contribution in [-0.4, -0.2) is 60.6 Å². The molecule has 31 heavy (non-hydrogen) atoms. The summed E-state index contributed by atoms with van der Waals surface area (Å²) in [5, 5.41) is 7.59. The third kappa shape index (κ3) is 12.7. The molecule has 9 N–H and O–H groups in total. The molecule has 0 rings (SSSR count). The fourth-order valence-corrected chi connectivity index (χ4v) is 2.77. The molecule has 0 spiro atoms. The van der Waals surface area contributed by atoms with Gasteiger partial charge in [-0.15, -0.1) is 0 Å². The first-order valence-corrected chi connectivity index (χ1v) is 10.7. The second-order valence-electron chi connectivity index (χ2n) is 7.51. The van der Waals surface area contributed by atoms with Crippen molar-refractivity contribution in [3.05, 3.63) is 0 Å². The SMILES string of the molecule is CCCC[C@H](NC(=O)[C@H](CCC(N)=O)NC(=O)[C@@H](N)CCCCN)C(=O)N[C@@H](C)[C]=O. The lowest BCUT2D eigenvalue weighted by molar-refractivity contribution is -0.133. The summed E-state index contributed by atoms with van der Waals surface area (Å²) in [7, 11) is 0. The molecule has 0 bridgehead atoms. The zero-order valence-corrected chi connectivity index (χ0v) is 18.4. The van der Waals surface area contributed by atoms with Crippen LogP contribution in [0, 0.1) is 0 Å². The lowest BCUT2D eigenvalue weighted by Crippen LogP contribution is -2.56. The van der Waals surface area contributed by atoms with E-state index in [9.17, 15) is 24.0 Å². The molecule has 4 amide bonds. The van der Waals surface area contributed by atoms with E-state index >= 15 is 0 Å². The van der Waals surface area contributed by atoms with Gasteiger partial charge in [-0.1, -0.05) is 26.2 Å². The summed E-state index contributed by atoms with van der Waals surface area (Å²) < 4.78 is 0. The van der Waals surface area contributed by atoms with Gasteiger partial charge < -0.3 is 33.2 Å². The van der Waals surface area contributed by atoms with Crippen LogP contribution in [0.25, 0.3) is 0 Å². The molecule has 0 saturated heterocycles. The number of nitrogens with one attached hydrogen (secondary N) is 3. The molecule has 1 radical (unpaired) electrons. The summed E-state index contributed by atoms with van der Waals surface area (Å²) in [5.74, 6) is -2.34. The van der Waals surface area contributed by atoms with Crippen LogP contribution < -0.4 is 33.2 Å². The van der Waals surface area contributed by atoms with Crippen molar-refractivity contribution in [3.8, 4) is 0 Å². The van der Waals surface area contributed by atoms with Crippen molar-refractivity contribution in [2.75, 3.05) is 6.54 Å². The minimum Gasteiger partial charge on any atom is -0.370 e. The van der Waals surface area contributed by atoms with Gasteiger partial charge in [0.15, 0.2) is 0 Å². The first kappa shape index (κ1) is 28.5. The molecule has 0 aliphatic heterocycles.